The van der Waals surface area contributed by atoms with Gasteiger partial charge >= 0.3 is 0 Å². The number of rotatable bonds is 6. The third kappa shape index (κ3) is 4.78. The zero-order valence-electron chi connectivity index (χ0n) is 10.7. The largest absolute Gasteiger partial charge is 0.330 e. The van der Waals surface area contributed by atoms with Crippen molar-refractivity contribution < 1.29 is 0 Å². The summed E-state index contributed by atoms with van der Waals surface area (Å²) >= 11 is 3.56. The summed E-state index contributed by atoms with van der Waals surface area (Å²) in [7, 11) is 0. The summed E-state index contributed by atoms with van der Waals surface area (Å²) in [5, 5.41) is 2.21. The maximum atomic E-state index is 5.55. The summed E-state index contributed by atoms with van der Waals surface area (Å²) in [6.07, 6.45) is 0. The van der Waals surface area contributed by atoms with Crippen LogP contribution in [0, 0.1) is 0 Å². The minimum atomic E-state index is 0.708. The Morgan fingerprint density at radius 2 is 1.58 bits per heavy atom. The molecule has 3 heteroatoms. The van der Waals surface area contributed by atoms with Crippen molar-refractivity contribution in [3.8, 4) is 0 Å². The molecule has 1 nitrogen and oxygen atoms in total. The fourth-order valence-corrected chi connectivity index (χ4v) is 3.31. The number of thioether (sulfide) groups is 2. The van der Waals surface area contributed by atoms with Crippen molar-refractivity contribution >= 4 is 28.4 Å². The van der Waals surface area contributed by atoms with E-state index >= 15 is 0 Å². The van der Waals surface area contributed by atoms with Crippen LogP contribution in [-0.2, 0) is 0 Å². The van der Waals surface area contributed by atoms with Crippen molar-refractivity contribution in [1.82, 2.24) is 0 Å². The number of benzene rings is 2. The van der Waals surface area contributed by atoms with Crippen LogP contribution in [0.5, 0.6) is 0 Å². The number of hydrogen-bond donors (Lipinski definition) is 1. The lowest BCUT2D eigenvalue weighted by atomic mass is 10.2. The van der Waals surface area contributed by atoms with Crippen LogP contribution < -0.4 is 5.73 Å². The van der Waals surface area contributed by atoms with E-state index in [9.17, 15) is 0 Å². The second kappa shape index (κ2) is 8.10. The second-order valence-corrected chi connectivity index (χ2v) is 6.02. The van der Waals surface area contributed by atoms with Crippen molar-refractivity contribution in [2.75, 3.05) is 12.3 Å². The lowest BCUT2D eigenvalue weighted by molar-refractivity contribution is 1.15. The van der Waals surface area contributed by atoms with E-state index in [2.05, 4.69) is 53.9 Å². The van der Waals surface area contributed by atoms with Crippen LogP contribution in [0.2, 0.25) is 0 Å². The van der Waals surface area contributed by atoms with Crippen molar-refractivity contribution in [2.45, 2.75) is 4.90 Å². The van der Waals surface area contributed by atoms with Crippen LogP contribution >= 0.6 is 23.5 Å². The SMILES string of the molecule is NCCS/C=C(\Sc1ccccc1)c1ccccc1. The molecule has 19 heavy (non-hydrogen) atoms. The summed E-state index contributed by atoms with van der Waals surface area (Å²) in [5.41, 5.74) is 6.80. The maximum absolute atomic E-state index is 5.55. The van der Waals surface area contributed by atoms with Gasteiger partial charge in [-0.15, -0.1) is 11.8 Å². The first-order chi connectivity index (χ1) is 9.40. The average molecular weight is 287 g/mol. The fourth-order valence-electron chi connectivity index (χ4n) is 1.57. The Morgan fingerprint density at radius 1 is 0.947 bits per heavy atom. The molecule has 0 aliphatic carbocycles. The molecular formula is C16H17NS2. The number of nitrogens with two attached hydrogens (primary N) is 1. The first kappa shape index (κ1) is 14.3. The lowest BCUT2D eigenvalue weighted by Crippen LogP contribution is -1.99. The molecule has 0 saturated carbocycles. The lowest BCUT2D eigenvalue weighted by Gasteiger charge is -2.07. The molecular weight excluding hydrogens is 270 g/mol. The van der Waals surface area contributed by atoms with Gasteiger partial charge in [-0.05, 0) is 23.1 Å². The third-order valence-electron chi connectivity index (χ3n) is 2.46. The molecule has 2 aromatic rings. The summed E-state index contributed by atoms with van der Waals surface area (Å²) in [4.78, 5) is 2.52. The molecule has 0 radical (unpaired) electrons. The van der Waals surface area contributed by atoms with E-state index in [-0.39, 0.29) is 0 Å². The van der Waals surface area contributed by atoms with Crippen molar-refractivity contribution in [3.63, 3.8) is 0 Å². The zero-order chi connectivity index (χ0) is 13.3. The van der Waals surface area contributed by atoms with E-state index in [0.29, 0.717) is 6.54 Å². The van der Waals surface area contributed by atoms with E-state index in [4.69, 9.17) is 5.73 Å². The Balaban J connectivity index is 2.17. The van der Waals surface area contributed by atoms with E-state index in [1.807, 2.05) is 12.1 Å². The van der Waals surface area contributed by atoms with E-state index < -0.39 is 0 Å². The molecule has 0 spiro atoms. The predicted molar refractivity (Wildman–Crippen MR) is 88.2 cm³/mol. The molecule has 0 fully saturated rings. The average Bonchev–Trinajstić information content (AvgIpc) is 2.48. The molecule has 0 amide bonds. The van der Waals surface area contributed by atoms with Crippen molar-refractivity contribution in [2.24, 2.45) is 5.73 Å². The Morgan fingerprint density at radius 3 is 2.21 bits per heavy atom. The summed E-state index contributed by atoms with van der Waals surface area (Å²) in [6.45, 7) is 0.708. The summed E-state index contributed by atoms with van der Waals surface area (Å²) < 4.78 is 0. The van der Waals surface area contributed by atoms with Gasteiger partial charge in [0, 0.05) is 22.1 Å². The molecule has 2 aromatic carbocycles. The first-order valence-corrected chi connectivity index (χ1v) is 8.07. The Labute approximate surface area is 123 Å². The molecule has 2 N–H and O–H groups in total. The third-order valence-corrected chi connectivity index (χ3v) is 4.56. The minimum Gasteiger partial charge on any atom is -0.330 e. The van der Waals surface area contributed by atoms with E-state index in [0.717, 1.165) is 5.75 Å². The predicted octanol–water partition coefficient (Wildman–Crippen LogP) is 4.47. The van der Waals surface area contributed by atoms with Crippen molar-refractivity contribution in [3.05, 3.63) is 71.6 Å². The van der Waals surface area contributed by atoms with Gasteiger partial charge in [0.1, 0.15) is 0 Å². The van der Waals surface area contributed by atoms with Crippen LogP contribution in [0.25, 0.3) is 4.91 Å². The van der Waals surface area contributed by atoms with Gasteiger partial charge in [-0.1, -0.05) is 60.3 Å². The Hall–Kier alpha value is -1.16. The van der Waals surface area contributed by atoms with Gasteiger partial charge < -0.3 is 5.73 Å². The quantitative estimate of drug-likeness (QED) is 0.627. The van der Waals surface area contributed by atoms with Crippen LogP contribution in [0.15, 0.2) is 71.0 Å². The van der Waals surface area contributed by atoms with E-state index in [1.165, 1.54) is 15.4 Å². The highest BCUT2D eigenvalue weighted by atomic mass is 32.2. The van der Waals surface area contributed by atoms with E-state index in [1.54, 1.807) is 23.5 Å². The van der Waals surface area contributed by atoms with Gasteiger partial charge in [0.05, 0.1) is 0 Å². The molecule has 0 aliphatic heterocycles. The minimum absolute atomic E-state index is 0.708. The topological polar surface area (TPSA) is 26.0 Å². The molecule has 0 bridgehead atoms. The van der Waals surface area contributed by atoms with Crippen LogP contribution in [-0.4, -0.2) is 12.3 Å². The van der Waals surface area contributed by atoms with Crippen molar-refractivity contribution in [1.29, 1.82) is 0 Å². The molecule has 0 atom stereocenters. The molecule has 0 aliphatic rings. The highest BCUT2D eigenvalue weighted by Crippen LogP contribution is 2.35. The normalized spacial score (nSPS) is 11.5. The molecule has 0 unspecified atom stereocenters. The first-order valence-electron chi connectivity index (χ1n) is 6.20. The Bertz CT molecular complexity index is 509. The maximum Gasteiger partial charge on any atom is 0.0257 e. The standard InChI is InChI=1S/C16H17NS2/c17-11-12-18-13-16(14-7-3-1-4-8-14)19-15-9-5-2-6-10-15/h1-10,13H,11-12,17H2/b16-13-. The highest BCUT2D eigenvalue weighted by molar-refractivity contribution is 8.10. The summed E-state index contributed by atoms with van der Waals surface area (Å²) in [5.74, 6) is 0.950. The second-order valence-electron chi connectivity index (χ2n) is 3.92. The monoisotopic (exact) mass is 287 g/mol. The number of hydrogen-bond acceptors (Lipinski definition) is 3. The molecule has 0 aromatic heterocycles. The van der Waals surface area contributed by atoms with Gasteiger partial charge in [-0.25, -0.2) is 0 Å². The van der Waals surface area contributed by atoms with Crippen LogP contribution in [0.1, 0.15) is 5.56 Å². The fraction of sp³-hybridized carbons (Fsp3) is 0.125. The van der Waals surface area contributed by atoms with Crippen LogP contribution in [0.3, 0.4) is 0 Å². The van der Waals surface area contributed by atoms with Gasteiger partial charge in [0.2, 0.25) is 0 Å². The molecule has 2 rings (SSSR count). The zero-order valence-corrected chi connectivity index (χ0v) is 12.3. The van der Waals surface area contributed by atoms with Gasteiger partial charge in [-0.2, -0.15) is 0 Å². The van der Waals surface area contributed by atoms with Crippen LogP contribution in [0.4, 0.5) is 0 Å². The molecule has 98 valence electrons. The summed E-state index contributed by atoms with van der Waals surface area (Å²) in [6, 6.07) is 20.9. The molecule has 0 heterocycles. The Kier molecular flexibility index (Phi) is 6.08. The van der Waals surface area contributed by atoms with Gasteiger partial charge in [0.15, 0.2) is 0 Å². The highest BCUT2D eigenvalue weighted by Gasteiger charge is 2.03. The van der Waals surface area contributed by atoms with Gasteiger partial charge in [0.25, 0.3) is 0 Å². The van der Waals surface area contributed by atoms with Gasteiger partial charge in [-0.3, -0.25) is 0 Å². The smallest absolute Gasteiger partial charge is 0.0257 e. The molecule has 0 saturated heterocycles.